The molecule has 39 heavy (non-hydrogen) atoms. The Morgan fingerprint density at radius 2 is 1.69 bits per heavy atom. The van der Waals surface area contributed by atoms with Crippen molar-refractivity contribution < 1.29 is 50.6 Å². The van der Waals surface area contributed by atoms with Crippen LogP contribution in [0.2, 0.25) is 0 Å². The Morgan fingerprint density at radius 1 is 1.10 bits per heavy atom. The number of halogens is 6. The number of hydrogen-bond donors (Lipinski definition) is 2. The number of thioether (sulfide) groups is 1. The molecule has 7 nitrogen and oxygen atoms in total. The van der Waals surface area contributed by atoms with E-state index in [-0.39, 0.29) is 39.4 Å². The fraction of sp³-hybridized carbons (Fsp3) is 0.375. The van der Waals surface area contributed by atoms with Crippen LogP contribution in [0.15, 0.2) is 39.7 Å². The highest BCUT2D eigenvalue weighted by molar-refractivity contribution is 8.26. The number of piperidine rings is 1. The number of β-amino-alcohol motifs (C(OH)–C–C–N with tert-alkyl or cyclic N) is 1. The first-order valence-electron chi connectivity index (χ1n) is 11.4. The number of rotatable bonds is 6. The fourth-order valence-corrected chi connectivity index (χ4v) is 5.67. The van der Waals surface area contributed by atoms with Crippen LogP contribution in [0.25, 0.3) is 17.4 Å². The van der Waals surface area contributed by atoms with Gasteiger partial charge in [0.2, 0.25) is 0 Å². The second-order valence-corrected chi connectivity index (χ2v) is 10.6. The molecule has 2 aliphatic heterocycles. The molecule has 2 aliphatic rings. The minimum absolute atomic E-state index is 0.0253. The minimum Gasteiger partial charge on any atom is -0.479 e. The summed E-state index contributed by atoms with van der Waals surface area (Å²) in [6.07, 6.45) is -9.26. The van der Waals surface area contributed by atoms with E-state index in [1.54, 1.807) is 4.90 Å². The van der Waals surface area contributed by atoms with E-state index in [4.69, 9.17) is 21.7 Å². The molecule has 1 aromatic heterocycles. The molecule has 15 heteroatoms. The zero-order chi connectivity index (χ0) is 28.7. The van der Waals surface area contributed by atoms with Crippen LogP contribution in [0.3, 0.4) is 0 Å². The first-order chi connectivity index (χ1) is 18.1. The van der Waals surface area contributed by atoms with Gasteiger partial charge in [0, 0.05) is 37.3 Å². The van der Waals surface area contributed by atoms with Gasteiger partial charge in [0.1, 0.15) is 15.8 Å². The number of nitrogens with zero attached hydrogens (tertiary/aromatic N) is 2. The molecule has 0 aliphatic carbocycles. The molecule has 2 saturated heterocycles. The Morgan fingerprint density at radius 3 is 2.23 bits per heavy atom. The van der Waals surface area contributed by atoms with E-state index >= 15 is 0 Å². The summed E-state index contributed by atoms with van der Waals surface area (Å²) in [5.41, 5.74) is -3.38. The number of hydrogen-bond acceptors (Lipinski definition) is 7. The highest BCUT2D eigenvalue weighted by Crippen LogP contribution is 2.40. The molecule has 3 heterocycles. The molecule has 2 aromatic rings. The third kappa shape index (κ3) is 6.65. The third-order valence-electron chi connectivity index (χ3n) is 6.23. The number of aliphatic hydroxyl groups excluding tert-OH is 1. The van der Waals surface area contributed by atoms with Crippen LogP contribution >= 0.6 is 24.0 Å². The van der Waals surface area contributed by atoms with Crippen molar-refractivity contribution in [2.45, 2.75) is 37.3 Å². The lowest BCUT2D eigenvalue weighted by atomic mass is 10.0. The molecule has 2 N–H and O–H groups in total. The van der Waals surface area contributed by atoms with Gasteiger partial charge in [-0.3, -0.25) is 14.6 Å². The molecular weight excluding hydrogens is 574 g/mol. The molecule has 0 saturated carbocycles. The average molecular weight is 595 g/mol. The van der Waals surface area contributed by atoms with Crippen LogP contribution in [-0.2, 0) is 21.9 Å². The van der Waals surface area contributed by atoms with E-state index in [0.29, 0.717) is 38.1 Å². The van der Waals surface area contributed by atoms with Crippen molar-refractivity contribution in [2.24, 2.45) is 0 Å². The number of amides is 1. The van der Waals surface area contributed by atoms with E-state index in [1.165, 1.54) is 23.1 Å². The number of likely N-dealkylation sites (tertiary alicyclic amines) is 1. The molecule has 1 aromatic carbocycles. The summed E-state index contributed by atoms with van der Waals surface area (Å²) in [6, 6.07) is 3.40. The predicted molar refractivity (Wildman–Crippen MR) is 132 cm³/mol. The van der Waals surface area contributed by atoms with Gasteiger partial charge in [0.25, 0.3) is 5.91 Å². The van der Waals surface area contributed by atoms with Gasteiger partial charge in [-0.25, -0.2) is 4.79 Å². The van der Waals surface area contributed by atoms with Crippen LogP contribution < -0.4 is 0 Å². The number of furan rings is 1. The Bertz CT molecular complexity index is 1280. The van der Waals surface area contributed by atoms with Gasteiger partial charge < -0.3 is 14.6 Å². The molecule has 4 rings (SSSR count). The monoisotopic (exact) mass is 594 g/mol. The summed E-state index contributed by atoms with van der Waals surface area (Å²) < 4.78 is 85.0. The first kappa shape index (κ1) is 29.1. The van der Waals surface area contributed by atoms with Crippen LogP contribution in [0.5, 0.6) is 0 Å². The third-order valence-corrected chi connectivity index (χ3v) is 7.56. The summed E-state index contributed by atoms with van der Waals surface area (Å²) in [4.78, 5) is 27.3. The van der Waals surface area contributed by atoms with Gasteiger partial charge in [-0.2, -0.15) is 26.3 Å². The maximum atomic E-state index is 13.2. The smallest absolute Gasteiger partial charge is 0.416 e. The summed E-state index contributed by atoms with van der Waals surface area (Å²) in [5, 5.41) is 18.4. The van der Waals surface area contributed by atoms with Gasteiger partial charge in [-0.1, -0.05) is 24.0 Å². The van der Waals surface area contributed by atoms with E-state index in [0.717, 1.165) is 11.8 Å². The van der Waals surface area contributed by atoms with Crippen molar-refractivity contribution in [2.75, 3.05) is 19.6 Å². The van der Waals surface area contributed by atoms with Crippen molar-refractivity contribution in [3.8, 4) is 11.3 Å². The Balaban J connectivity index is 1.50. The summed E-state index contributed by atoms with van der Waals surface area (Å²) in [7, 11) is 0. The van der Waals surface area contributed by atoms with Gasteiger partial charge in [0.05, 0.1) is 16.0 Å². The Labute approximate surface area is 227 Å². The van der Waals surface area contributed by atoms with E-state index in [9.17, 15) is 41.0 Å². The summed E-state index contributed by atoms with van der Waals surface area (Å²) in [6.45, 7) is 0.824. The second-order valence-electron chi connectivity index (χ2n) is 8.93. The zero-order valence-electron chi connectivity index (χ0n) is 19.8. The van der Waals surface area contributed by atoms with Crippen LogP contribution in [0, 0.1) is 0 Å². The van der Waals surface area contributed by atoms with Crippen molar-refractivity contribution in [1.29, 1.82) is 0 Å². The van der Waals surface area contributed by atoms with Crippen molar-refractivity contribution in [1.82, 2.24) is 9.80 Å². The number of benzene rings is 1. The molecule has 1 amide bonds. The Kier molecular flexibility index (Phi) is 8.17. The second kappa shape index (κ2) is 10.9. The molecule has 1 unspecified atom stereocenters. The number of carbonyl (C=O) groups is 2. The topological polar surface area (TPSA) is 94.2 Å². The number of thiocarbonyl (C=S) groups is 1. The van der Waals surface area contributed by atoms with Gasteiger partial charge in [0.15, 0.2) is 6.10 Å². The zero-order valence-corrected chi connectivity index (χ0v) is 21.4. The van der Waals surface area contributed by atoms with Crippen molar-refractivity contribution in [3.63, 3.8) is 0 Å². The van der Waals surface area contributed by atoms with Crippen LogP contribution in [0.1, 0.15) is 29.7 Å². The van der Waals surface area contributed by atoms with Crippen LogP contribution in [-0.4, -0.2) is 68.0 Å². The predicted octanol–water partition coefficient (Wildman–Crippen LogP) is 5.10. The molecule has 210 valence electrons. The first-order valence-corrected chi connectivity index (χ1v) is 12.7. The quantitative estimate of drug-likeness (QED) is 0.271. The minimum atomic E-state index is -5.01. The van der Waals surface area contributed by atoms with Gasteiger partial charge in [-0.05, 0) is 43.2 Å². The largest absolute Gasteiger partial charge is 0.479 e. The van der Waals surface area contributed by atoms with E-state index < -0.39 is 47.0 Å². The lowest BCUT2D eigenvalue weighted by Crippen LogP contribution is -2.48. The molecule has 0 spiro atoms. The SMILES string of the molecule is O=C(O)C(O)CN1CCC(N2C(=O)/C(=C/c3ccc(-c4cc(C(F)(F)F)cc(C(F)(F)F)c4)o3)SC2=S)CC1. The summed E-state index contributed by atoms with van der Waals surface area (Å²) >= 11 is 6.34. The number of aliphatic hydroxyl groups is 1. The van der Waals surface area contributed by atoms with Crippen molar-refractivity contribution in [3.05, 3.63) is 52.1 Å². The number of carboxylic acid groups (broad SMARTS) is 1. The number of carbonyl (C=O) groups excluding carboxylic acids is 1. The van der Waals surface area contributed by atoms with E-state index in [2.05, 4.69) is 0 Å². The lowest BCUT2D eigenvalue weighted by molar-refractivity contribution is -0.148. The fourth-order valence-electron chi connectivity index (χ4n) is 4.29. The maximum Gasteiger partial charge on any atom is 0.416 e. The standard InChI is InChI=1S/C24H20F6N2O5S2/c25-23(26,27)13-7-12(8-14(9-13)24(28,29)30)18-2-1-16(37-18)10-19-20(34)32(22(38)39-19)15-3-5-31(6-4-15)11-17(33)21(35)36/h1-2,7-10,15,17,33H,3-6,11H2,(H,35,36)/b19-10-. The van der Waals surface area contributed by atoms with E-state index in [1.807, 2.05) is 0 Å². The number of carboxylic acids is 1. The molecule has 2 fully saturated rings. The van der Waals surface area contributed by atoms with Gasteiger partial charge >= 0.3 is 18.3 Å². The Hall–Kier alpha value is -2.88. The molecule has 0 bridgehead atoms. The maximum absolute atomic E-state index is 13.2. The van der Waals surface area contributed by atoms with Crippen molar-refractivity contribution >= 4 is 46.3 Å². The summed E-state index contributed by atoms with van der Waals surface area (Å²) in [5.74, 6) is -1.96. The highest BCUT2D eigenvalue weighted by atomic mass is 32.2. The molecule has 1 atom stereocenters. The molecular formula is C24H20F6N2O5S2. The van der Waals surface area contributed by atoms with Crippen LogP contribution in [0.4, 0.5) is 26.3 Å². The average Bonchev–Trinajstić information content (AvgIpc) is 3.42. The van der Waals surface area contributed by atoms with Gasteiger partial charge in [-0.15, -0.1) is 0 Å². The normalized spacial score (nSPS) is 19.8. The number of alkyl halides is 6. The number of aliphatic carboxylic acids is 1. The lowest BCUT2D eigenvalue weighted by Gasteiger charge is -2.36. The highest BCUT2D eigenvalue weighted by Gasteiger charge is 2.39. The molecule has 0 radical (unpaired) electrons.